The minimum absolute atomic E-state index is 0.0547. The van der Waals surface area contributed by atoms with Gasteiger partial charge in [0.2, 0.25) is 0 Å². The summed E-state index contributed by atoms with van der Waals surface area (Å²) in [4.78, 5) is 14.1. The molecule has 0 radical (unpaired) electrons. The Morgan fingerprint density at radius 1 is 1.30 bits per heavy atom. The molecule has 0 aromatic heterocycles. The summed E-state index contributed by atoms with van der Waals surface area (Å²) in [6, 6.07) is 9.83. The summed E-state index contributed by atoms with van der Waals surface area (Å²) in [7, 11) is 1.85. The molecule has 0 aliphatic heterocycles. The number of nitrogens with zero attached hydrogens (tertiary/aromatic N) is 1. The third-order valence-corrected chi connectivity index (χ3v) is 4.56. The van der Waals surface area contributed by atoms with Crippen LogP contribution in [0.25, 0.3) is 0 Å². The van der Waals surface area contributed by atoms with Crippen molar-refractivity contribution in [2.24, 2.45) is 5.92 Å². The van der Waals surface area contributed by atoms with Gasteiger partial charge < -0.3 is 20.1 Å². The number of urea groups is 1. The largest absolute Gasteiger partial charge is 0.489 e. The number of rotatable bonds is 6. The van der Waals surface area contributed by atoms with Crippen molar-refractivity contribution in [3.05, 3.63) is 30.3 Å². The number of amides is 2. The maximum Gasteiger partial charge on any atom is 0.317 e. The van der Waals surface area contributed by atoms with E-state index in [1.165, 1.54) is 0 Å². The van der Waals surface area contributed by atoms with Gasteiger partial charge in [0.05, 0.1) is 6.54 Å². The highest BCUT2D eigenvalue weighted by Gasteiger charge is 2.26. The smallest absolute Gasteiger partial charge is 0.317 e. The molecule has 5 heteroatoms. The van der Waals surface area contributed by atoms with E-state index in [1.54, 1.807) is 4.90 Å². The summed E-state index contributed by atoms with van der Waals surface area (Å²) in [5, 5.41) is 12.1. The maximum atomic E-state index is 12.3. The Hall–Kier alpha value is -1.75. The normalized spacial score (nSPS) is 22.2. The zero-order valence-corrected chi connectivity index (χ0v) is 14.1. The van der Waals surface area contributed by atoms with Gasteiger partial charge >= 0.3 is 6.03 Å². The number of hydrogen-bond donors (Lipinski definition) is 2. The van der Waals surface area contributed by atoms with Gasteiger partial charge in [-0.2, -0.15) is 0 Å². The van der Waals surface area contributed by atoms with Crippen molar-refractivity contribution in [3.8, 4) is 5.75 Å². The Morgan fingerprint density at radius 2 is 1.96 bits per heavy atom. The lowest BCUT2D eigenvalue weighted by Gasteiger charge is -2.34. The molecule has 1 aromatic carbocycles. The van der Waals surface area contributed by atoms with Gasteiger partial charge in [-0.05, 0) is 50.7 Å². The van der Waals surface area contributed by atoms with E-state index >= 15 is 0 Å². The van der Waals surface area contributed by atoms with Crippen LogP contribution >= 0.6 is 0 Å². The molecule has 0 heterocycles. The number of para-hydroxylation sites is 1. The van der Waals surface area contributed by atoms with Crippen LogP contribution in [0.4, 0.5) is 4.79 Å². The summed E-state index contributed by atoms with van der Waals surface area (Å²) in [5.41, 5.74) is 0. The lowest BCUT2D eigenvalue weighted by molar-refractivity contribution is 0.131. The monoisotopic (exact) mass is 320 g/mol. The fourth-order valence-corrected chi connectivity index (χ4v) is 3.01. The molecule has 1 aromatic rings. The molecular formula is C18H28N2O3. The van der Waals surface area contributed by atoms with Crippen molar-refractivity contribution in [1.29, 1.82) is 0 Å². The number of hydrogen-bond acceptors (Lipinski definition) is 3. The minimum atomic E-state index is -0.0834. The van der Waals surface area contributed by atoms with Crippen LogP contribution in [-0.2, 0) is 0 Å². The van der Waals surface area contributed by atoms with Gasteiger partial charge in [0.25, 0.3) is 0 Å². The number of ether oxygens (including phenoxy) is 1. The standard InChI is InChI=1S/C18H28N2O3/c1-14(23-17-6-4-3-5-7-17)12-19-18(22)20(2)16-10-8-15(13-21)9-11-16/h3-7,14-16,21H,8-13H2,1-2H3,(H,19,22). The molecule has 5 nitrogen and oxygen atoms in total. The summed E-state index contributed by atoms with van der Waals surface area (Å²) >= 11 is 0. The predicted molar refractivity (Wildman–Crippen MR) is 90.5 cm³/mol. The summed E-state index contributed by atoms with van der Waals surface area (Å²) in [5.74, 6) is 1.21. The lowest BCUT2D eigenvalue weighted by atomic mass is 9.86. The minimum Gasteiger partial charge on any atom is -0.489 e. The molecule has 1 fully saturated rings. The van der Waals surface area contributed by atoms with Gasteiger partial charge in [-0.1, -0.05) is 18.2 Å². The number of benzene rings is 1. The Morgan fingerprint density at radius 3 is 2.57 bits per heavy atom. The van der Waals surface area contributed by atoms with E-state index in [-0.39, 0.29) is 24.8 Å². The second kappa shape index (κ2) is 8.77. The van der Waals surface area contributed by atoms with Crippen LogP contribution in [0.2, 0.25) is 0 Å². The molecule has 1 aliphatic rings. The van der Waals surface area contributed by atoms with Crippen LogP contribution in [0.1, 0.15) is 32.6 Å². The average molecular weight is 320 g/mol. The molecule has 0 bridgehead atoms. The van der Waals surface area contributed by atoms with Gasteiger partial charge in [-0.25, -0.2) is 4.79 Å². The number of carbonyl (C=O) groups excluding carboxylic acids is 1. The molecular weight excluding hydrogens is 292 g/mol. The molecule has 1 aliphatic carbocycles. The first-order valence-corrected chi connectivity index (χ1v) is 8.43. The van der Waals surface area contributed by atoms with Crippen LogP contribution in [0, 0.1) is 5.92 Å². The highest BCUT2D eigenvalue weighted by molar-refractivity contribution is 5.74. The highest BCUT2D eigenvalue weighted by Crippen LogP contribution is 2.26. The van der Waals surface area contributed by atoms with Crippen LogP contribution in [0.15, 0.2) is 30.3 Å². The van der Waals surface area contributed by atoms with Crippen molar-refractivity contribution in [2.75, 3.05) is 20.2 Å². The van der Waals surface area contributed by atoms with Crippen molar-refractivity contribution in [2.45, 2.75) is 44.8 Å². The fraction of sp³-hybridized carbons (Fsp3) is 0.611. The Kier molecular flexibility index (Phi) is 6.71. The van der Waals surface area contributed by atoms with Crippen molar-refractivity contribution >= 4 is 6.03 Å². The zero-order valence-electron chi connectivity index (χ0n) is 14.1. The van der Waals surface area contributed by atoms with Gasteiger partial charge in [0.1, 0.15) is 11.9 Å². The third kappa shape index (κ3) is 5.43. The first kappa shape index (κ1) is 17.6. The Labute approximate surface area is 138 Å². The topological polar surface area (TPSA) is 61.8 Å². The van der Waals surface area contributed by atoms with Crippen LogP contribution in [-0.4, -0.2) is 48.4 Å². The van der Waals surface area contributed by atoms with E-state index in [0.717, 1.165) is 31.4 Å². The first-order valence-electron chi connectivity index (χ1n) is 8.43. The fourth-order valence-electron chi connectivity index (χ4n) is 3.01. The average Bonchev–Trinajstić information content (AvgIpc) is 2.60. The Balaban J connectivity index is 1.71. The van der Waals surface area contributed by atoms with Crippen LogP contribution in [0.5, 0.6) is 5.75 Å². The van der Waals surface area contributed by atoms with Crippen molar-refractivity contribution in [3.63, 3.8) is 0 Å². The van der Waals surface area contributed by atoms with E-state index in [9.17, 15) is 9.90 Å². The van der Waals surface area contributed by atoms with Crippen molar-refractivity contribution in [1.82, 2.24) is 10.2 Å². The second-order valence-electron chi connectivity index (χ2n) is 6.40. The van der Waals surface area contributed by atoms with Gasteiger partial charge in [0.15, 0.2) is 0 Å². The number of nitrogens with one attached hydrogen (secondary N) is 1. The van der Waals surface area contributed by atoms with E-state index < -0.39 is 0 Å². The van der Waals surface area contributed by atoms with Crippen LogP contribution in [0.3, 0.4) is 0 Å². The van der Waals surface area contributed by atoms with Crippen molar-refractivity contribution < 1.29 is 14.6 Å². The molecule has 1 saturated carbocycles. The van der Waals surface area contributed by atoms with Gasteiger partial charge in [-0.15, -0.1) is 0 Å². The third-order valence-electron chi connectivity index (χ3n) is 4.56. The van der Waals surface area contributed by atoms with Gasteiger partial charge in [0, 0.05) is 19.7 Å². The molecule has 1 unspecified atom stereocenters. The van der Waals surface area contributed by atoms with E-state index in [0.29, 0.717) is 12.5 Å². The summed E-state index contributed by atoms with van der Waals surface area (Å²) in [6.45, 7) is 2.68. The molecule has 2 rings (SSSR count). The number of carbonyl (C=O) groups is 1. The van der Waals surface area contributed by atoms with Gasteiger partial charge in [-0.3, -0.25) is 0 Å². The summed E-state index contributed by atoms with van der Waals surface area (Å²) in [6.07, 6.45) is 3.83. The molecule has 23 heavy (non-hydrogen) atoms. The summed E-state index contributed by atoms with van der Waals surface area (Å²) < 4.78 is 5.76. The zero-order chi connectivity index (χ0) is 16.7. The quantitative estimate of drug-likeness (QED) is 0.847. The Bertz CT molecular complexity index is 472. The first-order chi connectivity index (χ1) is 11.1. The maximum absolute atomic E-state index is 12.3. The molecule has 2 amide bonds. The number of aliphatic hydroxyl groups excluding tert-OH is 1. The SMILES string of the molecule is CC(CNC(=O)N(C)C1CCC(CO)CC1)Oc1ccccc1. The van der Waals surface area contributed by atoms with E-state index in [1.807, 2.05) is 44.3 Å². The molecule has 1 atom stereocenters. The van der Waals surface area contributed by atoms with E-state index in [4.69, 9.17) is 4.74 Å². The molecule has 0 spiro atoms. The van der Waals surface area contributed by atoms with Crippen LogP contribution < -0.4 is 10.1 Å². The molecule has 2 N–H and O–H groups in total. The highest BCUT2D eigenvalue weighted by atomic mass is 16.5. The van der Waals surface area contributed by atoms with E-state index in [2.05, 4.69) is 5.32 Å². The predicted octanol–water partition coefficient (Wildman–Crippen LogP) is 2.65. The lowest BCUT2D eigenvalue weighted by Crippen LogP contribution is -2.47. The second-order valence-corrected chi connectivity index (χ2v) is 6.40. The molecule has 128 valence electrons. The number of aliphatic hydroxyl groups is 1. The molecule has 0 saturated heterocycles.